The topological polar surface area (TPSA) is 38.3 Å². The molecule has 2 rings (SSSR count). The zero-order valence-corrected chi connectivity index (χ0v) is 10.9. The minimum Gasteiger partial charge on any atom is -0.466 e. The first-order valence-electron chi connectivity index (χ1n) is 6.75. The van der Waals surface area contributed by atoms with Crippen molar-refractivity contribution in [3.63, 3.8) is 0 Å². The minimum absolute atomic E-state index is 0.126. The Morgan fingerprint density at radius 3 is 2.78 bits per heavy atom. The molecule has 0 spiro atoms. The summed E-state index contributed by atoms with van der Waals surface area (Å²) in [5.74, 6) is 0.454. The molecule has 3 heteroatoms. The van der Waals surface area contributed by atoms with E-state index in [-0.39, 0.29) is 5.97 Å². The Labute approximate surface area is 109 Å². The number of carbonyl (C=O) groups excluding carboxylic acids is 1. The number of nitrogens with one attached hydrogen (secondary N) is 1. The zero-order chi connectivity index (χ0) is 12.8. The van der Waals surface area contributed by atoms with Gasteiger partial charge in [-0.05, 0) is 49.9 Å². The SMILES string of the molecule is CCOC(=O)Cc1ccccc1C1CCNCC1. The Balaban J connectivity index is 2.11. The number of rotatable bonds is 4. The van der Waals surface area contributed by atoms with Crippen molar-refractivity contribution in [2.75, 3.05) is 19.7 Å². The van der Waals surface area contributed by atoms with Gasteiger partial charge in [-0.2, -0.15) is 0 Å². The number of benzene rings is 1. The summed E-state index contributed by atoms with van der Waals surface area (Å²) < 4.78 is 5.04. The second-order valence-electron chi connectivity index (χ2n) is 4.70. The molecule has 0 aromatic heterocycles. The summed E-state index contributed by atoms with van der Waals surface area (Å²) in [7, 11) is 0. The lowest BCUT2D eigenvalue weighted by Crippen LogP contribution is -2.27. The van der Waals surface area contributed by atoms with Gasteiger partial charge in [0.1, 0.15) is 0 Å². The van der Waals surface area contributed by atoms with E-state index < -0.39 is 0 Å². The van der Waals surface area contributed by atoms with Crippen LogP contribution in [0, 0.1) is 0 Å². The maximum absolute atomic E-state index is 11.6. The average Bonchev–Trinajstić information content (AvgIpc) is 2.40. The van der Waals surface area contributed by atoms with Crippen molar-refractivity contribution in [1.82, 2.24) is 5.32 Å². The standard InChI is InChI=1S/C15H21NO2/c1-2-18-15(17)11-13-5-3-4-6-14(13)12-7-9-16-10-8-12/h3-6,12,16H,2,7-11H2,1H3. The highest BCUT2D eigenvalue weighted by Gasteiger charge is 2.19. The van der Waals surface area contributed by atoms with Crippen LogP contribution >= 0.6 is 0 Å². The molecule has 3 nitrogen and oxygen atoms in total. The van der Waals surface area contributed by atoms with Crippen molar-refractivity contribution in [3.8, 4) is 0 Å². The smallest absolute Gasteiger partial charge is 0.310 e. The second kappa shape index (κ2) is 6.55. The van der Waals surface area contributed by atoms with Gasteiger partial charge >= 0.3 is 5.97 Å². The van der Waals surface area contributed by atoms with Crippen molar-refractivity contribution < 1.29 is 9.53 Å². The van der Waals surface area contributed by atoms with Gasteiger partial charge in [0.25, 0.3) is 0 Å². The molecule has 1 heterocycles. The fourth-order valence-electron chi connectivity index (χ4n) is 2.59. The van der Waals surface area contributed by atoms with Crippen LogP contribution in [0.3, 0.4) is 0 Å². The first kappa shape index (κ1) is 13.1. The molecule has 1 aliphatic heterocycles. The highest BCUT2D eigenvalue weighted by Crippen LogP contribution is 2.28. The first-order valence-corrected chi connectivity index (χ1v) is 6.75. The van der Waals surface area contributed by atoms with Crippen molar-refractivity contribution in [2.45, 2.75) is 32.1 Å². The van der Waals surface area contributed by atoms with E-state index in [0.717, 1.165) is 31.5 Å². The van der Waals surface area contributed by atoms with Gasteiger partial charge in [-0.1, -0.05) is 24.3 Å². The molecule has 1 N–H and O–H groups in total. The Bertz CT molecular complexity index is 397. The number of esters is 1. The summed E-state index contributed by atoms with van der Waals surface area (Å²) in [6.45, 7) is 4.43. The van der Waals surface area contributed by atoms with Crippen molar-refractivity contribution in [1.29, 1.82) is 0 Å². The average molecular weight is 247 g/mol. The fourth-order valence-corrected chi connectivity index (χ4v) is 2.59. The third-order valence-corrected chi connectivity index (χ3v) is 3.47. The summed E-state index contributed by atoms with van der Waals surface area (Å²) in [5.41, 5.74) is 2.45. The van der Waals surface area contributed by atoms with Crippen molar-refractivity contribution >= 4 is 5.97 Å². The van der Waals surface area contributed by atoms with Crippen LogP contribution in [0.5, 0.6) is 0 Å². The summed E-state index contributed by atoms with van der Waals surface area (Å²) >= 11 is 0. The minimum atomic E-state index is -0.126. The molecule has 1 aromatic carbocycles. The van der Waals surface area contributed by atoms with E-state index in [2.05, 4.69) is 17.4 Å². The van der Waals surface area contributed by atoms with Crippen LogP contribution < -0.4 is 5.32 Å². The predicted molar refractivity (Wildman–Crippen MR) is 71.6 cm³/mol. The van der Waals surface area contributed by atoms with Crippen LogP contribution in [0.1, 0.15) is 36.8 Å². The highest BCUT2D eigenvalue weighted by atomic mass is 16.5. The Morgan fingerprint density at radius 2 is 2.06 bits per heavy atom. The molecule has 0 radical (unpaired) electrons. The third kappa shape index (κ3) is 3.33. The number of hydrogen-bond donors (Lipinski definition) is 1. The lowest BCUT2D eigenvalue weighted by Gasteiger charge is -2.25. The van der Waals surface area contributed by atoms with Gasteiger partial charge in [0.2, 0.25) is 0 Å². The lowest BCUT2D eigenvalue weighted by atomic mass is 9.86. The normalized spacial score (nSPS) is 16.5. The number of ether oxygens (including phenoxy) is 1. The largest absolute Gasteiger partial charge is 0.466 e. The van der Waals surface area contributed by atoms with Gasteiger partial charge in [0.05, 0.1) is 13.0 Å². The summed E-state index contributed by atoms with van der Waals surface area (Å²) in [5, 5.41) is 3.37. The van der Waals surface area contributed by atoms with Crippen molar-refractivity contribution in [3.05, 3.63) is 35.4 Å². The second-order valence-corrected chi connectivity index (χ2v) is 4.70. The summed E-state index contributed by atoms with van der Waals surface area (Å²) in [6.07, 6.45) is 2.70. The number of piperidine rings is 1. The third-order valence-electron chi connectivity index (χ3n) is 3.47. The van der Waals surface area contributed by atoms with Gasteiger partial charge in [-0.15, -0.1) is 0 Å². The monoisotopic (exact) mass is 247 g/mol. The molecule has 1 aliphatic rings. The van der Waals surface area contributed by atoms with Gasteiger partial charge in [-0.3, -0.25) is 4.79 Å². The molecule has 1 fully saturated rings. The predicted octanol–water partition coefficient (Wildman–Crippen LogP) is 2.26. The molecule has 0 aliphatic carbocycles. The van der Waals surface area contributed by atoms with Crippen molar-refractivity contribution in [2.24, 2.45) is 0 Å². The van der Waals surface area contributed by atoms with E-state index in [1.807, 2.05) is 19.1 Å². The van der Waals surface area contributed by atoms with E-state index in [0.29, 0.717) is 18.9 Å². The zero-order valence-electron chi connectivity index (χ0n) is 10.9. The van der Waals surface area contributed by atoms with E-state index in [1.165, 1.54) is 5.56 Å². The van der Waals surface area contributed by atoms with Gasteiger partial charge in [-0.25, -0.2) is 0 Å². The molecular weight excluding hydrogens is 226 g/mol. The molecule has 18 heavy (non-hydrogen) atoms. The molecule has 0 amide bonds. The molecule has 0 saturated carbocycles. The van der Waals surface area contributed by atoms with Crippen LogP contribution in [0.2, 0.25) is 0 Å². The molecule has 0 atom stereocenters. The molecule has 98 valence electrons. The first-order chi connectivity index (χ1) is 8.81. The Hall–Kier alpha value is -1.35. The van der Waals surface area contributed by atoms with E-state index in [9.17, 15) is 4.79 Å². The van der Waals surface area contributed by atoms with Crippen LogP contribution in [0.15, 0.2) is 24.3 Å². The van der Waals surface area contributed by atoms with Crippen LogP contribution in [-0.4, -0.2) is 25.7 Å². The van der Waals surface area contributed by atoms with Gasteiger partial charge < -0.3 is 10.1 Å². The van der Waals surface area contributed by atoms with Crippen LogP contribution in [-0.2, 0) is 16.0 Å². The maximum atomic E-state index is 11.6. The Kier molecular flexibility index (Phi) is 4.76. The van der Waals surface area contributed by atoms with E-state index in [1.54, 1.807) is 0 Å². The Morgan fingerprint density at radius 1 is 1.33 bits per heavy atom. The highest BCUT2D eigenvalue weighted by molar-refractivity contribution is 5.73. The van der Waals surface area contributed by atoms with E-state index >= 15 is 0 Å². The van der Waals surface area contributed by atoms with Gasteiger partial charge in [0, 0.05) is 0 Å². The number of hydrogen-bond acceptors (Lipinski definition) is 3. The quantitative estimate of drug-likeness (QED) is 0.829. The molecule has 1 aromatic rings. The molecule has 1 saturated heterocycles. The number of carbonyl (C=O) groups is 1. The molecule has 0 bridgehead atoms. The fraction of sp³-hybridized carbons (Fsp3) is 0.533. The van der Waals surface area contributed by atoms with Gasteiger partial charge in [0.15, 0.2) is 0 Å². The maximum Gasteiger partial charge on any atom is 0.310 e. The summed E-state index contributed by atoms with van der Waals surface area (Å²) in [6, 6.07) is 8.27. The van der Waals surface area contributed by atoms with E-state index in [4.69, 9.17) is 4.74 Å². The van der Waals surface area contributed by atoms with Crippen LogP contribution in [0.4, 0.5) is 0 Å². The molecule has 0 unspecified atom stereocenters. The lowest BCUT2D eigenvalue weighted by molar-refractivity contribution is -0.142. The van der Waals surface area contributed by atoms with Crippen LogP contribution in [0.25, 0.3) is 0 Å². The summed E-state index contributed by atoms with van der Waals surface area (Å²) in [4.78, 5) is 11.6. The molecular formula is C15H21NO2.